The van der Waals surface area contributed by atoms with Crippen molar-refractivity contribution in [1.82, 2.24) is 10.2 Å². The van der Waals surface area contributed by atoms with E-state index in [1.807, 2.05) is 48.5 Å². The van der Waals surface area contributed by atoms with E-state index in [9.17, 15) is 19.7 Å². The maximum absolute atomic E-state index is 13.5. The van der Waals surface area contributed by atoms with Crippen LogP contribution in [0.2, 0.25) is 0 Å². The summed E-state index contributed by atoms with van der Waals surface area (Å²) >= 11 is 1.31. The molecular weight excluding hydrogens is 518 g/mol. The maximum Gasteiger partial charge on any atom is 0.269 e. The average molecular weight is 544 g/mol. The molecule has 198 valence electrons. The number of nitrogens with one attached hydrogen (secondary N) is 1. The van der Waals surface area contributed by atoms with Gasteiger partial charge < -0.3 is 10.1 Å². The van der Waals surface area contributed by atoms with Crippen LogP contribution in [0.3, 0.4) is 0 Å². The Morgan fingerprint density at radius 3 is 2.67 bits per heavy atom. The van der Waals surface area contributed by atoms with Crippen LogP contribution in [0, 0.1) is 10.1 Å². The van der Waals surface area contributed by atoms with Gasteiger partial charge in [-0.2, -0.15) is 0 Å². The summed E-state index contributed by atoms with van der Waals surface area (Å²) < 4.78 is 5.15. The summed E-state index contributed by atoms with van der Waals surface area (Å²) in [4.78, 5) is 47.6. The predicted octanol–water partition coefficient (Wildman–Crippen LogP) is 4.59. The van der Waals surface area contributed by atoms with E-state index in [0.29, 0.717) is 29.0 Å². The van der Waals surface area contributed by atoms with Gasteiger partial charge in [-0.05, 0) is 41.8 Å². The molecule has 0 aromatic heterocycles. The van der Waals surface area contributed by atoms with Gasteiger partial charge in [-0.3, -0.25) is 24.7 Å². The van der Waals surface area contributed by atoms with Crippen molar-refractivity contribution in [3.63, 3.8) is 0 Å². The molecule has 1 atom stereocenters. The van der Waals surface area contributed by atoms with Crippen LogP contribution in [0.5, 0.6) is 5.75 Å². The highest BCUT2D eigenvalue weighted by Gasteiger charge is 2.41. The van der Waals surface area contributed by atoms with Crippen molar-refractivity contribution in [3.05, 3.63) is 99.6 Å². The minimum Gasteiger partial charge on any atom is -0.497 e. The van der Waals surface area contributed by atoms with E-state index in [2.05, 4.69) is 5.32 Å². The summed E-state index contributed by atoms with van der Waals surface area (Å²) in [7, 11) is 1.60. The van der Waals surface area contributed by atoms with Gasteiger partial charge in [-0.1, -0.05) is 48.2 Å². The number of nitrogens with zero attached hydrogens (tertiary/aromatic N) is 4. The minimum absolute atomic E-state index is 0.00820. The lowest BCUT2D eigenvalue weighted by atomic mass is 10.1. The van der Waals surface area contributed by atoms with Gasteiger partial charge in [0.1, 0.15) is 17.6 Å². The Balaban J connectivity index is 1.26. The van der Waals surface area contributed by atoms with E-state index in [1.165, 1.54) is 28.8 Å². The molecule has 2 aliphatic rings. The first-order chi connectivity index (χ1) is 18.9. The van der Waals surface area contributed by atoms with Gasteiger partial charge in [-0.25, -0.2) is 9.89 Å². The molecule has 2 aliphatic heterocycles. The van der Waals surface area contributed by atoms with Crippen LogP contribution in [-0.4, -0.2) is 45.8 Å². The first kappa shape index (κ1) is 26.1. The molecule has 0 spiro atoms. The smallest absolute Gasteiger partial charge is 0.269 e. The number of nitro benzene ring substituents is 1. The number of rotatable bonds is 9. The molecule has 1 unspecified atom stereocenters. The first-order valence-corrected chi connectivity index (χ1v) is 13.3. The lowest BCUT2D eigenvalue weighted by Gasteiger charge is -2.25. The van der Waals surface area contributed by atoms with Crippen molar-refractivity contribution < 1.29 is 19.2 Å². The molecule has 0 aliphatic carbocycles. The fraction of sp³-hybridized carbons (Fsp3) is 0.214. The SMILES string of the molecule is COc1ccc(CNC(=O)CCC2N=C3c4ccccc4N=C(SCc4cccc([N+](=O)[O-])c4)N3C2=O)cc1. The molecule has 0 saturated carbocycles. The van der Waals surface area contributed by atoms with Gasteiger partial charge in [0.25, 0.3) is 11.6 Å². The number of amides is 2. The zero-order chi connectivity index (χ0) is 27.4. The normalized spacial score (nSPS) is 15.7. The Hall–Kier alpha value is -4.51. The van der Waals surface area contributed by atoms with Crippen molar-refractivity contribution in [3.8, 4) is 5.75 Å². The van der Waals surface area contributed by atoms with Crippen LogP contribution < -0.4 is 10.1 Å². The second-order valence-electron chi connectivity index (χ2n) is 8.93. The molecule has 0 bridgehead atoms. The van der Waals surface area contributed by atoms with Crippen LogP contribution >= 0.6 is 11.8 Å². The van der Waals surface area contributed by atoms with E-state index < -0.39 is 11.0 Å². The Morgan fingerprint density at radius 2 is 1.90 bits per heavy atom. The number of non-ortho nitro benzene ring substituents is 1. The van der Waals surface area contributed by atoms with Crippen molar-refractivity contribution in [2.75, 3.05) is 7.11 Å². The second kappa shape index (κ2) is 11.5. The number of nitro groups is 1. The van der Waals surface area contributed by atoms with Crippen LogP contribution in [0.4, 0.5) is 11.4 Å². The third kappa shape index (κ3) is 5.83. The zero-order valence-electron chi connectivity index (χ0n) is 21.1. The predicted molar refractivity (Wildman–Crippen MR) is 149 cm³/mol. The number of hydrogen-bond donors (Lipinski definition) is 1. The Morgan fingerprint density at radius 1 is 1.10 bits per heavy atom. The number of methoxy groups -OCH3 is 1. The summed E-state index contributed by atoms with van der Waals surface area (Å²) in [5, 5.41) is 14.5. The number of ether oxygens (including phenoxy) is 1. The summed E-state index contributed by atoms with van der Waals surface area (Å²) in [5.41, 5.74) is 3.13. The lowest BCUT2D eigenvalue weighted by molar-refractivity contribution is -0.384. The molecular formula is C28H25N5O5S. The molecule has 2 amide bonds. The van der Waals surface area contributed by atoms with Crippen LogP contribution in [-0.2, 0) is 21.9 Å². The minimum atomic E-state index is -0.707. The lowest BCUT2D eigenvalue weighted by Crippen LogP contribution is -2.41. The van der Waals surface area contributed by atoms with E-state index in [-0.39, 0.29) is 30.3 Å². The molecule has 10 nitrogen and oxygen atoms in total. The summed E-state index contributed by atoms with van der Waals surface area (Å²) in [6.07, 6.45) is 0.407. The third-order valence-corrected chi connectivity index (χ3v) is 7.34. The summed E-state index contributed by atoms with van der Waals surface area (Å²) in [5.74, 6) is 1.23. The molecule has 0 radical (unpaired) electrons. The van der Waals surface area contributed by atoms with Gasteiger partial charge in [0.15, 0.2) is 5.17 Å². The molecule has 0 fully saturated rings. The largest absolute Gasteiger partial charge is 0.497 e. The maximum atomic E-state index is 13.5. The fourth-order valence-corrected chi connectivity index (χ4v) is 5.24. The number of fused-ring (bicyclic) bond motifs is 3. The Kier molecular flexibility index (Phi) is 7.69. The Bertz CT molecular complexity index is 1490. The summed E-state index contributed by atoms with van der Waals surface area (Å²) in [6, 6.07) is 20.6. The molecule has 2 heterocycles. The van der Waals surface area contributed by atoms with Gasteiger partial charge >= 0.3 is 0 Å². The average Bonchev–Trinajstić information content (AvgIpc) is 3.30. The van der Waals surface area contributed by atoms with E-state index >= 15 is 0 Å². The van der Waals surface area contributed by atoms with Crippen LogP contribution in [0.25, 0.3) is 0 Å². The van der Waals surface area contributed by atoms with Gasteiger partial charge in [0, 0.05) is 36.4 Å². The second-order valence-corrected chi connectivity index (χ2v) is 9.88. The van der Waals surface area contributed by atoms with Crippen molar-refractivity contribution in [2.24, 2.45) is 9.98 Å². The molecule has 39 heavy (non-hydrogen) atoms. The highest BCUT2D eigenvalue weighted by atomic mass is 32.2. The number of amidine groups is 2. The zero-order valence-corrected chi connectivity index (χ0v) is 21.9. The molecule has 5 rings (SSSR count). The number of carbonyl (C=O) groups excluding carboxylic acids is 2. The third-order valence-electron chi connectivity index (χ3n) is 6.33. The number of benzene rings is 3. The van der Waals surface area contributed by atoms with E-state index in [4.69, 9.17) is 14.7 Å². The molecule has 1 N–H and O–H groups in total. The number of carbonyl (C=O) groups is 2. The van der Waals surface area contributed by atoms with Gasteiger partial charge in [0.05, 0.1) is 17.7 Å². The number of aliphatic imine (C=N–C) groups is 2. The van der Waals surface area contributed by atoms with Crippen LogP contribution in [0.1, 0.15) is 29.5 Å². The number of thioether (sulfide) groups is 1. The topological polar surface area (TPSA) is 126 Å². The first-order valence-electron chi connectivity index (χ1n) is 12.3. The summed E-state index contributed by atoms with van der Waals surface area (Å²) in [6.45, 7) is 0.376. The van der Waals surface area contributed by atoms with Gasteiger partial charge in [0.2, 0.25) is 5.91 Å². The number of para-hydroxylation sites is 1. The molecule has 11 heteroatoms. The van der Waals surface area contributed by atoms with Crippen molar-refractivity contribution >= 4 is 46.0 Å². The molecule has 3 aromatic rings. The van der Waals surface area contributed by atoms with E-state index in [1.54, 1.807) is 19.2 Å². The highest BCUT2D eigenvalue weighted by Crippen LogP contribution is 2.35. The highest BCUT2D eigenvalue weighted by molar-refractivity contribution is 8.13. The fourth-order valence-electron chi connectivity index (χ4n) is 4.29. The quantitative estimate of drug-likeness (QED) is 0.311. The van der Waals surface area contributed by atoms with Crippen LogP contribution in [0.15, 0.2) is 82.8 Å². The standard InChI is InChI=1S/C28H25N5O5S/c1-38-21-11-9-18(10-12-21)16-29-25(34)14-13-24-27(35)32-26(30-24)22-7-2-3-8-23(22)31-28(32)39-17-19-5-4-6-20(15-19)33(36)37/h2-12,15,24H,13-14,16-17H2,1H3,(H,29,34). The van der Waals surface area contributed by atoms with Gasteiger partial charge in [-0.15, -0.1) is 0 Å². The molecule has 0 saturated heterocycles. The monoisotopic (exact) mass is 543 g/mol. The Labute approximate surface area is 228 Å². The van der Waals surface area contributed by atoms with Crippen molar-refractivity contribution in [2.45, 2.75) is 31.2 Å². The number of hydrogen-bond acceptors (Lipinski definition) is 8. The van der Waals surface area contributed by atoms with Crippen molar-refractivity contribution in [1.29, 1.82) is 0 Å². The van der Waals surface area contributed by atoms with E-state index in [0.717, 1.165) is 22.4 Å². The molecule has 3 aromatic carbocycles.